The fourth-order valence-electron chi connectivity index (χ4n) is 2.91. The Morgan fingerprint density at radius 2 is 1.53 bits per heavy atom. The number of nitrogens with two attached hydrogens (primary N) is 1. The highest BCUT2D eigenvalue weighted by Gasteiger charge is 2.17. The predicted octanol–water partition coefficient (Wildman–Crippen LogP) is 4.74. The lowest BCUT2D eigenvalue weighted by molar-refractivity contribution is -0.0285. The zero-order valence-corrected chi connectivity index (χ0v) is 16.7. The minimum atomic E-state index is -0.858. The van der Waals surface area contributed by atoms with Crippen molar-refractivity contribution in [3.8, 4) is 5.75 Å². The Kier molecular flexibility index (Phi) is 7.05. The fourth-order valence-corrected chi connectivity index (χ4v) is 2.91. The molecule has 0 radical (unpaired) electrons. The summed E-state index contributed by atoms with van der Waals surface area (Å²) in [6, 6.07) is 24.3. The van der Waals surface area contributed by atoms with E-state index in [-0.39, 0.29) is 11.3 Å². The van der Waals surface area contributed by atoms with Gasteiger partial charge in [0, 0.05) is 12.1 Å². The molecule has 2 amide bonds. The van der Waals surface area contributed by atoms with Crippen LogP contribution in [0.2, 0.25) is 0 Å². The topological polar surface area (TPSA) is 90.7 Å². The van der Waals surface area contributed by atoms with Crippen molar-refractivity contribution in [1.82, 2.24) is 0 Å². The summed E-state index contributed by atoms with van der Waals surface area (Å²) in [4.78, 5) is 23.8. The highest BCUT2D eigenvalue weighted by atomic mass is 16.7. The molecule has 0 aliphatic rings. The molecule has 0 saturated heterocycles. The molecule has 0 heterocycles. The van der Waals surface area contributed by atoms with Gasteiger partial charge in [-0.05, 0) is 41.8 Å². The smallest absolute Gasteiger partial charge is 0.414 e. The molecule has 3 N–H and O–H groups in total. The first-order chi connectivity index (χ1) is 14.5. The third kappa shape index (κ3) is 5.85. The van der Waals surface area contributed by atoms with E-state index in [1.54, 1.807) is 24.3 Å². The molecule has 6 heteroatoms. The van der Waals surface area contributed by atoms with Crippen molar-refractivity contribution < 1.29 is 19.1 Å². The van der Waals surface area contributed by atoms with Crippen LogP contribution in [0.5, 0.6) is 5.75 Å². The van der Waals surface area contributed by atoms with Crippen molar-refractivity contribution in [1.29, 1.82) is 0 Å². The van der Waals surface area contributed by atoms with Gasteiger partial charge in [0.2, 0.25) is 6.29 Å². The Morgan fingerprint density at radius 3 is 2.20 bits per heavy atom. The molecule has 0 aliphatic heterocycles. The maximum absolute atomic E-state index is 12.3. The molecule has 30 heavy (non-hydrogen) atoms. The zero-order chi connectivity index (χ0) is 21.3. The lowest BCUT2D eigenvalue weighted by atomic mass is 10.1. The average Bonchev–Trinajstić information content (AvgIpc) is 2.75. The first kappa shape index (κ1) is 20.9. The highest BCUT2D eigenvalue weighted by molar-refractivity contribution is 5.95. The number of amides is 2. The molecule has 3 aromatic rings. The number of nitrogens with one attached hydrogen (secondary N) is 1. The van der Waals surface area contributed by atoms with Crippen LogP contribution in [0.15, 0.2) is 78.9 Å². The van der Waals surface area contributed by atoms with Crippen molar-refractivity contribution in [3.05, 3.63) is 95.6 Å². The second kappa shape index (κ2) is 10.1. The molecule has 1 atom stereocenters. The van der Waals surface area contributed by atoms with Gasteiger partial charge in [-0.25, -0.2) is 4.79 Å². The number of carbonyl (C=O) groups is 2. The van der Waals surface area contributed by atoms with Crippen molar-refractivity contribution in [2.75, 3.05) is 5.32 Å². The molecule has 0 saturated carbocycles. The average molecular weight is 404 g/mol. The molecule has 154 valence electrons. The molecule has 0 aromatic heterocycles. The largest absolute Gasteiger partial charge is 0.454 e. The van der Waals surface area contributed by atoms with E-state index in [0.29, 0.717) is 12.1 Å². The normalized spacial score (nSPS) is 11.4. The molecular formula is C24H24N2O4. The number of hydrogen-bond donors (Lipinski definition) is 2. The standard InChI is InChI=1S/C24H24N2O4/c1-2-22(29-21-11-7-6-10-20(21)23(25)27)30-24(28)26-19-14-12-18(13-15-19)16-17-8-4-3-5-9-17/h3-15,22H,2,16H2,1H3,(H2,25,27)(H,26,28)/t22-/m1/s1. The summed E-state index contributed by atoms with van der Waals surface area (Å²) in [6.07, 6.45) is -0.287. The highest BCUT2D eigenvalue weighted by Crippen LogP contribution is 2.20. The summed E-state index contributed by atoms with van der Waals surface area (Å²) in [5.41, 5.74) is 8.56. The monoisotopic (exact) mass is 404 g/mol. The lowest BCUT2D eigenvalue weighted by Gasteiger charge is -2.19. The van der Waals surface area contributed by atoms with Crippen LogP contribution in [-0.4, -0.2) is 18.3 Å². The number of anilines is 1. The van der Waals surface area contributed by atoms with Crippen LogP contribution in [0.1, 0.15) is 34.8 Å². The lowest BCUT2D eigenvalue weighted by Crippen LogP contribution is -2.27. The van der Waals surface area contributed by atoms with Gasteiger partial charge in [0.15, 0.2) is 0 Å². The first-order valence-electron chi connectivity index (χ1n) is 9.71. The van der Waals surface area contributed by atoms with E-state index in [2.05, 4.69) is 17.4 Å². The summed E-state index contributed by atoms with van der Waals surface area (Å²) in [5.74, 6) is -0.338. The van der Waals surface area contributed by atoms with Crippen molar-refractivity contribution >= 4 is 17.7 Å². The second-order valence-corrected chi connectivity index (χ2v) is 6.71. The van der Waals surface area contributed by atoms with E-state index in [1.165, 1.54) is 5.56 Å². The van der Waals surface area contributed by atoms with Crippen LogP contribution in [0.4, 0.5) is 10.5 Å². The molecule has 3 rings (SSSR count). The van der Waals surface area contributed by atoms with Gasteiger partial charge in [-0.1, -0.05) is 61.5 Å². The van der Waals surface area contributed by atoms with Gasteiger partial charge in [-0.2, -0.15) is 0 Å². The van der Waals surface area contributed by atoms with E-state index in [0.717, 1.165) is 12.0 Å². The minimum absolute atomic E-state index is 0.231. The molecule has 0 bridgehead atoms. The fraction of sp³-hybridized carbons (Fsp3) is 0.167. The maximum Gasteiger partial charge on any atom is 0.414 e. The molecule has 0 spiro atoms. The number of rotatable bonds is 8. The Balaban J connectivity index is 1.57. The predicted molar refractivity (Wildman–Crippen MR) is 115 cm³/mol. The van der Waals surface area contributed by atoms with Crippen LogP contribution in [0, 0.1) is 0 Å². The Hall–Kier alpha value is -3.80. The van der Waals surface area contributed by atoms with Gasteiger partial charge in [0.05, 0.1) is 5.56 Å². The summed E-state index contributed by atoms with van der Waals surface area (Å²) >= 11 is 0. The van der Waals surface area contributed by atoms with Gasteiger partial charge >= 0.3 is 6.09 Å². The minimum Gasteiger partial charge on any atom is -0.454 e. The van der Waals surface area contributed by atoms with Gasteiger partial charge in [0.25, 0.3) is 5.91 Å². The van der Waals surface area contributed by atoms with Crippen molar-refractivity contribution in [2.24, 2.45) is 5.73 Å². The Bertz CT molecular complexity index is 988. The third-order valence-electron chi connectivity index (χ3n) is 4.43. The maximum atomic E-state index is 12.3. The van der Waals surface area contributed by atoms with Crippen molar-refractivity contribution in [2.45, 2.75) is 26.1 Å². The Morgan fingerprint density at radius 1 is 0.900 bits per heavy atom. The van der Waals surface area contributed by atoms with Gasteiger partial charge < -0.3 is 15.2 Å². The van der Waals surface area contributed by atoms with Gasteiger partial charge in [-0.3, -0.25) is 10.1 Å². The second-order valence-electron chi connectivity index (χ2n) is 6.71. The summed E-state index contributed by atoms with van der Waals surface area (Å²) in [6.45, 7) is 1.81. The summed E-state index contributed by atoms with van der Waals surface area (Å²) in [5, 5.41) is 2.69. The first-order valence-corrected chi connectivity index (χ1v) is 9.71. The number of carbonyl (C=O) groups excluding carboxylic acids is 2. The van der Waals surface area contributed by atoms with Crippen molar-refractivity contribution in [3.63, 3.8) is 0 Å². The van der Waals surface area contributed by atoms with E-state index in [9.17, 15) is 9.59 Å². The van der Waals surface area contributed by atoms with E-state index >= 15 is 0 Å². The quantitative estimate of drug-likeness (QED) is 0.531. The van der Waals surface area contributed by atoms with Crippen LogP contribution >= 0.6 is 0 Å². The SMILES string of the molecule is CC[C@@H](OC(=O)Nc1ccc(Cc2ccccc2)cc1)Oc1ccccc1C(N)=O. The zero-order valence-electron chi connectivity index (χ0n) is 16.7. The van der Waals surface area contributed by atoms with Gasteiger partial charge in [-0.15, -0.1) is 0 Å². The van der Waals surface area contributed by atoms with Crippen LogP contribution in [-0.2, 0) is 11.2 Å². The number of ether oxygens (including phenoxy) is 2. The number of para-hydroxylation sites is 1. The molecule has 0 fully saturated rings. The number of benzene rings is 3. The number of hydrogen-bond acceptors (Lipinski definition) is 4. The van der Waals surface area contributed by atoms with Crippen LogP contribution in [0.25, 0.3) is 0 Å². The van der Waals surface area contributed by atoms with E-state index in [1.807, 2.05) is 49.4 Å². The van der Waals surface area contributed by atoms with E-state index in [4.69, 9.17) is 15.2 Å². The molecule has 6 nitrogen and oxygen atoms in total. The third-order valence-corrected chi connectivity index (χ3v) is 4.43. The molecule has 3 aromatic carbocycles. The summed E-state index contributed by atoms with van der Waals surface area (Å²) < 4.78 is 11.0. The van der Waals surface area contributed by atoms with Crippen LogP contribution in [0.3, 0.4) is 0 Å². The molecule has 0 aliphatic carbocycles. The van der Waals surface area contributed by atoms with Crippen LogP contribution < -0.4 is 15.8 Å². The molecule has 0 unspecified atom stereocenters. The summed E-state index contributed by atoms with van der Waals surface area (Å²) in [7, 11) is 0. The van der Waals surface area contributed by atoms with E-state index < -0.39 is 18.3 Å². The Labute approximate surface area is 175 Å². The van der Waals surface area contributed by atoms with Gasteiger partial charge in [0.1, 0.15) is 5.75 Å². The number of primary amides is 1. The molecular weight excluding hydrogens is 380 g/mol.